The molecule has 1 aromatic rings. The molecule has 0 amide bonds. The van der Waals surface area contributed by atoms with Gasteiger partial charge in [0, 0.05) is 11.0 Å². The van der Waals surface area contributed by atoms with Crippen LogP contribution in [0.2, 0.25) is 0 Å². The van der Waals surface area contributed by atoms with Crippen molar-refractivity contribution in [3.05, 3.63) is 22.7 Å². The molecule has 0 saturated heterocycles. The third kappa shape index (κ3) is 4.14. The zero-order chi connectivity index (χ0) is 14.0. The van der Waals surface area contributed by atoms with E-state index in [-0.39, 0.29) is 15.9 Å². The normalized spacial score (nSPS) is 12.5. The Morgan fingerprint density at radius 1 is 1.39 bits per heavy atom. The maximum atomic E-state index is 12.0. The van der Waals surface area contributed by atoms with E-state index in [9.17, 15) is 21.6 Å². The third-order valence-corrected chi connectivity index (χ3v) is 4.28. The van der Waals surface area contributed by atoms with Crippen LogP contribution in [-0.2, 0) is 10.0 Å². The van der Waals surface area contributed by atoms with E-state index < -0.39 is 22.1 Å². The fraction of sp³-hybridized carbons (Fsp3) is 0.333. The van der Waals surface area contributed by atoms with Gasteiger partial charge >= 0.3 is 6.36 Å². The number of benzene rings is 1. The van der Waals surface area contributed by atoms with E-state index in [2.05, 4.69) is 25.4 Å². The molecule has 18 heavy (non-hydrogen) atoms. The summed E-state index contributed by atoms with van der Waals surface area (Å²) < 4.78 is 65.1. The lowest BCUT2D eigenvalue weighted by Crippen LogP contribution is -2.23. The monoisotopic (exact) mass is 347 g/mol. The lowest BCUT2D eigenvalue weighted by Gasteiger charge is -2.11. The van der Waals surface area contributed by atoms with Gasteiger partial charge in [-0.1, -0.05) is 6.92 Å². The molecule has 0 fully saturated rings. The van der Waals surface area contributed by atoms with Gasteiger partial charge in [0.1, 0.15) is 5.75 Å². The summed E-state index contributed by atoms with van der Waals surface area (Å²) in [5.74, 6) is -0.496. The molecule has 0 radical (unpaired) electrons. The first-order valence-corrected chi connectivity index (χ1v) is 6.98. The Morgan fingerprint density at radius 3 is 2.44 bits per heavy atom. The highest BCUT2D eigenvalue weighted by molar-refractivity contribution is 9.10. The largest absolute Gasteiger partial charge is 0.573 e. The standard InChI is InChI=1S/C9H9BrF3NO3S/c1-2-14-18(15,16)8-4-3-6(5-7(8)10)17-9(11,12)13/h3-5,14H,2H2,1H3. The molecule has 0 aliphatic heterocycles. The number of hydrogen-bond acceptors (Lipinski definition) is 3. The van der Waals surface area contributed by atoms with Crippen molar-refractivity contribution in [1.29, 1.82) is 0 Å². The van der Waals surface area contributed by atoms with E-state index in [1.807, 2.05) is 0 Å². The number of nitrogens with one attached hydrogen (secondary N) is 1. The predicted molar refractivity (Wildman–Crippen MR) is 61.7 cm³/mol. The molecule has 1 N–H and O–H groups in total. The zero-order valence-electron chi connectivity index (χ0n) is 9.08. The zero-order valence-corrected chi connectivity index (χ0v) is 11.5. The minimum Gasteiger partial charge on any atom is -0.406 e. The third-order valence-electron chi connectivity index (χ3n) is 1.76. The van der Waals surface area contributed by atoms with Crippen molar-refractivity contribution in [3.8, 4) is 5.75 Å². The van der Waals surface area contributed by atoms with Gasteiger partial charge in [-0.2, -0.15) is 0 Å². The van der Waals surface area contributed by atoms with Crippen LogP contribution in [0, 0.1) is 0 Å². The first-order chi connectivity index (χ1) is 8.15. The minimum absolute atomic E-state index is 0.00907. The Hall–Kier alpha value is -0.800. The van der Waals surface area contributed by atoms with Gasteiger partial charge in [0.25, 0.3) is 0 Å². The second-order valence-electron chi connectivity index (χ2n) is 3.14. The molecule has 0 aliphatic rings. The summed E-state index contributed by atoms with van der Waals surface area (Å²) in [6.45, 7) is 1.77. The van der Waals surface area contributed by atoms with Gasteiger partial charge in [-0.25, -0.2) is 13.1 Å². The predicted octanol–water partition coefficient (Wildman–Crippen LogP) is 2.65. The molecule has 0 bridgehead atoms. The Labute approximate surface area is 110 Å². The van der Waals surface area contributed by atoms with Crippen LogP contribution < -0.4 is 9.46 Å². The summed E-state index contributed by atoms with van der Waals surface area (Å²) in [4.78, 5) is -0.154. The molecule has 0 heterocycles. The second kappa shape index (κ2) is 5.45. The molecule has 0 unspecified atom stereocenters. The van der Waals surface area contributed by atoms with E-state index >= 15 is 0 Å². The van der Waals surface area contributed by atoms with Crippen molar-refractivity contribution < 1.29 is 26.3 Å². The Morgan fingerprint density at radius 2 is 2.00 bits per heavy atom. The Bertz CT molecular complexity index is 530. The van der Waals surface area contributed by atoms with Gasteiger partial charge in [-0.3, -0.25) is 0 Å². The molecule has 4 nitrogen and oxygen atoms in total. The van der Waals surface area contributed by atoms with Gasteiger partial charge in [0.15, 0.2) is 0 Å². The number of ether oxygens (including phenoxy) is 1. The van der Waals surface area contributed by atoms with E-state index in [1.54, 1.807) is 6.92 Å². The molecular weight excluding hydrogens is 339 g/mol. The highest BCUT2D eigenvalue weighted by atomic mass is 79.9. The first-order valence-electron chi connectivity index (χ1n) is 4.70. The molecule has 0 spiro atoms. The van der Waals surface area contributed by atoms with Crippen molar-refractivity contribution >= 4 is 26.0 Å². The van der Waals surface area contributed by atoms with E-state index in [1.165, 1.54) is 0 Å². The first kappa shape index (κ1) is 15.3. The van der Waals surface area contributed by atoms with Crippen LogP contribution >= 0.6 is 15.9 Å². The Kier molecular flexibility index (Phi) is 4.62. The summed E-state index contributed by atoms with van der Waals surface area (Å²) in [7, 11) is -3.74. The highest BCUT2D eigenvalue weighted by Gasteiger charge is 2.31. The van der Waals surface area contributed by atoms with Crippen molar-refractivity contribution in [1.82, 2.24) is 4.72 Å². The fourth-order valence-corrected chi connectivity index (χ4v) is 3.26. The van der Waals surface area contributed by atoms with Crippen LogP contribution in [0.1, 0.15) is 6.92 Å². The SMILES string of the molecule is CCNS(=O)(=O)c1ccc(OC(F)(F)F)cc1Br. The smallest absolute Gasteiger partial charge is 0.406 e. The van der Waals surface area contributed by atoms with Gasteiger partial charge in [-0.05, 0) is 34.1 Å². The quantitative estimate of drug-likeness (QED) is 0.910. The van der Waals surface area contributed by atoms with Crippen LogP contribution in [0.15, 0.2) is 27.6 Å². The summed E-state index contributed by atoms with van der Waals surface area (Å²) >= 11 is 2.89. The second-order valence-corrected chi connectivity index (χ2v) is 5.73. The Balaban J connectivity index is 3.08. The van der Waals surface area contributed by atoms with Crippen LogP contribution in [0.5, 0.6) is 5.75 Å². The number of rotatable bonds is 4. The summed E-state index contributed by atoms with van der Waals surface area (Å²) in [6, 6.07) is 2.91. The van der Waals surface area contributed by atoms with Gasteiger partial charge in [0.05, 0.1) is 4.90 Å². The molecule has 9 heteroatoms. The fourth-order valence-electron chi connectivity index (χ4n) is 1.16. The van der Waals surface area contributed by atoms with Crippen molar-refractivity contribution in [2.24, 2.45) is 0 Å². The van der Waals surface area contributed by atoms with E-state index in [4.69, 9.17) is 0 Å². The van der Waals surface area contributed by atoms with Crippen molar-refractivity contribution in [3.63, 3.8) is 0 Å². The molecule has 102 valence electrons. The average molecular weight is 348 g/mol. The molecule has 0 aromatic heterocycles. The maximum absolute atomic E-state index is 12.0. The number of alkyl halides is 3. The lowest BCUT2D eigenvalue weighted by atomic mass is 10.3. The van der Waals surface area contributed by atoms with Crippen LogP contribution in [0.3, 0.4) is 0 Å². The summed E-state index contributed by atoms with van der Waals surface area (Å²) in [5.41, 5.74) is 0. The van der Waals surface area contributed by atoms with E-state index in [0.29, 0.717) is 0 Å². The molecule has 0 saturated carbocycles. The molecule has 0 atom stereocenters. The molecular formula is C9H9BrF3NO3S. The van der Waals surface area contributed by atoms with Crippen molar-refractivity contribution in [2.75, 3.05) is 6.54 Å². The van der Waals surface area contributed by atoms with Crippen LogP contribution in [-0.4, -0.2) is 21.3 Å². The highest BCUT2D eigenvalue weighted by Crippen LogP contribution is 2.29. The van der Waals surface area contributed by atoms with Crippen molar-refractivity contribution in [2.45, 2.75) is 18.2 Å². The number of halogens is 4. The molecule has 0 aliphatic carbocycles. The number of hydrogen-bond donors (Lipinski definition) is 1. The van der Waals surface area contributed by atoms with Gasteiger partial charge in [0.2, 0.25) is 10.0 Å². The molecule has 1 rings (SSSR count). The van der Waals surface area contributed by atoms with Crippen LogP contribution in [0.4, 0.5) is 13.2 Å². The lowest BCUT2D eigenvalue weighted by molar-refractivity contribution is -0.274. The van der Waals surface area contributed by atoms with Crippen LogP contribution in [0.25, 0.3) is 0 Å². The minimum atomic E-state index is -4.82. The summed E-state index contributed by atoms with van der Waals surface area (Å²) in [5, 5.41) is 0. The summed E-state index contributed by atoms with van der Waals surface area (Å²) in [6.07, 6.45) is -4.82. The maximum Gasteiger partial charge on any atom is 0.573 e. The topological polar surface area (TPSA) is 55.4 Å². The number of sulfonamides is 1. The average Bonchev–Trinajstić information content (AvgIpc) is 2.13. The van der Waals surface area contributed by atoms with E-state index in [0.717, 1.165) is 18.2 Å². The molecule has 1 aromatic carbocycles. The van der Waals surface area contributed by atoms with Gasteiger partial charge in [-0.15, -0.1) is 13.2 Å². The van der Waals surface area contributed by atoms with Gasteiger partial charge < -0.3 is 4.74 Å².